The fraction of sp³-hybridized carbons (Fsp3) is 0. The molecule has 16 heavy (non-hydrogen) atoms. The van der Waals surface area contributed by atoms with Gasteiger partial charge in [-0.1, -0.05) is 34.8 Å². The second kappa shape index (κ2) is 4.45. The Hall–Kier alpha value is -1.03. The molecule has 1 aromatic heterocycles. The van der Waals surface area contributed by atoms with Crippen LogP contribution < -0.4 is 5.73 Å². The number of rotatable bonds is 1. The summed E-state index contributed by atoms with van der Waals surface area (Å²) in [5, 5.41) is 1.12. The standard InChI is InChI=1S/C10H6Cl3N3/c11-7-1-5(2-8(12)9(7)13)6-3-15-10(14)16-4-6/h1-4H,(H2,14,15,16). The van der Waals surface area contributed by atoms with Crippen molar-refractivity contribution in [2.45, 2.75) is 0 Å². The quantitative estimate of drug-likeness (QED) is 0.807. The molecule has 2 rings (SSSR count). The maximum atomic E-state index is 5.92. The number of benzene rings is 1. The van der Waals surface area contributed by atoms with Gasteiger partial charge in [0.15, 0.2) is 0 Å². The fourth-order valence-electron chi connectivity index (χ4n) is 1.21. The number of nitrogens with zero attached hydrogens (tertiary/aromatic N) is 2. The van der Waals surface area contributed by atoms with Crippen LogP contribution in [-0.4, -0.2) is 9.97 Å². The number of anilines is 1. The summed E-state index contributed by atoms with van der Waals surface area (Å²) in [6.45, 7) is 0. The van der Waals surface area contributed by atoms with Crippen LogP contribution >= 0.6 is 34.8 Å². The van der Waals surface area contributed by atoms with Gasteiger partial charge in [0.05, 0.1) is 15.1 Å². The van der Waals surface area contributed by atoms with Crippen LogP contribution in [-0.2, 0) is 0 Å². The molecule has 0 spiro atoms. The predicted octanol–water partition coefficient (Wildman–Crippen LogP) is 3.69. The van der Waals surface area contributed by atoms with E-state index in [2.05, 4.69) is 9.97 Å². The van der Waals surface area contributed by atoms with Crippen molar-refractivity contribution in [1.82, 2.24) is 9.97 Å². The Morgan fingerprint density at radius 3 is 1.88 bits per heavy atom. The van der Waals surface area contributed by atoms with Gasteiger partial charge in [-0.15, -0.1) is 0 Å². The molecule has 0 amide bonds. The molecule has 0 saturated carbocycles. The summed E-state index contributed by atoms with van der Waals surface area (Å²) in [7, 11) is 0. The molecular weight excluding hydrogens is 268 g/mol. The number of hydrogen-bond donors (Lipinski definition) is 1. The molecule has 2 N–H and O–H groups in total. The Balaban J connectivity index is 2.52. The first-order valence-electron chi connectivity index (χ1n) is 4.30. The Morgan fingerprint density at radius 1 is 0.875 bits per heavy atom. The summed E-state index contributed by atoms with van der Waals surface area (Å²) < 4.78 is 0. The van der Waals surface area contributed by atoms with Gasteiger partial charge in [0.1, 0.15) is 0 Å². The molecule has 0 aliphatic heterocycles. The molecule has 1 aromatic carbocycles. The van der Waals surface area contributed by atoms with Crippen molar-refractivity contribution in [2.24, 2.45) is 0 Å². The molecule has 82 valence electrons. The van der Waals surface area contributed by atoms with E-state index in [9.17, 15) is 0 Å². The lowest BCUT2D eigenvalue weighted by atomic mass is 10.1. The lowest BCUT2D eigenvalue weighted by Gasteiger charge is -2.05. The lowest BCUT2D eigenvalue weighted by molar-refractivity contribution is 1.19. The molecule has 0 aliphatic carbocycles. The normalized spacial score (nSPS) is 10.4. The summed E-state index contributed by atoms with van der Waals surface area (Å²) in [6, 6.07) is 3.40. The van der Waals surface area contributed by atoms with Gasteiger partial charge in [0.25, 0.3) is 0 Å². The SMILES string of the molecule is Nc1ncc(-c2cc(Cl)c(Cl)c(Cl)c2)cn1. The average Bonchev–Trinajstić information content (AvgIpc) is 2.26. The zero-order chi connectivity index (χ0) is 11.7. The number of nitrogens with two attached hydrogens (primary N) is 1. The van der Waals surface area contributed by atoms with Crippen LogP contribution in [0.3, 0.4) is 0 Å². The molecular formula is C10H6Cl3N3. The summed E-state index contributed by atoms with van der Waals surface area (Å²) in [5.74, 6) is 0.218. The summed E-state index contributed by atoms with van der Waals surface area (Å²) in [5.41, 5.74) is 6.96. The van der Waals surface area contributed by atoms with Crippen LogP contribution in [0.15, 0.2) is 24.5 Å². The first kappa shape index (κ1) is 11.5. The molecule has 3 nitrogen and oxygen atoms in total. The van der Waals surface area contributed by atoms with Crippen LogP contribution in [0.25, 0.3) is 11.1 Å². The largest absolute Gasteiger partial charge is 0.368 e. The Kier molecular flexibility index (Phi) is 3.19. The zero-order valence-corrected chi connectivity index (χ0v) is 10.2. The van der Waals surface area contributed by atoms with E-state index in [1.165, 1.54) is 0 Å². The minimum Gasteiger partial charge on any atom is -0.368 e. The highest BCUT2D eigenvalue weighted by atomic mass is 35.5. The molecule has 0 fully saturated rings. The van der Waals surface area contributed by atoms with Crippen molar-refractivity contribution in [3.63, 3.8) is 0 Å². The fourth-order valence-corrected chi connectivity index (χ4v) is 1.81. The molecule has 0 saturated heterocycles. The molecule has 0 bridgehead atoms. The van der Waals surface area contributed by atoms with Gasteiger partial charge in [-0.05, 0) is 17.7 Å². The lowest BCUT2D eigenvalue weighted by Crippen LogP contribution is -1.93. The minimum absolute atomic E-state index is 0.218. The molecule has 1 heterocycles. The van der Waals surface area contributed by atoms with Gasteiger partial charge in [0, 0.05) is 18.0 Å². The van der Waals surface area contributed by atoms with Gasteiger partial charge in [0.2, 0.25) is 5.95 Å². The second-order valence-corrected chi connectivity index (χ2v) is 4.28. The number of nitrogen functional groups attached to an aromatic ring is 1. The van der Waals surface area contributed by atoms with E-state index >= 15 is 0 Å². The van der Waals surface area contributed by atoms with Crippen LogP contribution in [0.4, 0.5) is 5.95 Å². The maximum Gasteiger partial charge on any atom is 0.219 e. The average molecular weight is 275 g/mol. The van der Waals surface area contributed by atoms with Gasteiger partial charge in [-0.3, -0.25) is 0 Å². The topological polar surface area (TPSA) is 51.8 Å². The molecule has 2 aromatic rings. The summed E-state index contributed by atoms with van der Waals surface area (Å²) in [4.78, 5) is 7.77. The van der Waals surface area contributed by atoms with Crippen molar-refractivity contribution >= 4 is 40.8 Å². The monoisotopic (exact) mass is 273 g/mol. The molecule has 0 aliphatic rings. The molecule has 0 atom stereocenters. The zero-order valence-electron chi connectivity index (χ0n) is 7.92. The van der Waals surface area contributed by atoms with Gasteiger partial charge >= 0.3 is 0 Å². The maximum absolute atomic E-state index is 5.92. The van der Waals surface area contributed by atoms with Crippen LogP contribution in [0.1, 0.15) is 0 Å². The smallest absolute Gasteiger partial charge is 0.219 e. The Bertz CT molecular complexity index is 502. The van der Waals surface area contributed by atoms with Crippen molar-refractivity contribution in [2.75, 3.05) is 5.73 Å². The first-order chi connectivity index (χ1) is 7.58. The van der Waals surface area contributed by atoms with Crippen molar-refractivity contribution in [1.29, 1.82) is 0 Å². The molecule has 0 radical (unpaired) electrons. The minimum atomic E-state index is 0.218. The predicted molar refractivity (Wildman–Crippen MR) is 66.9 cm³/mol. The number of hydrogen-bond acceptors (Lipinski definition) is 3. The molecule has 6 heteroatoms. The van der Waals surface area contributed by atoms with E-state index in [1.54, 1.807) is 24.5 Å². The Morgan fingerprint density at radius 2 is 1.38 bits per heavy atom. The van der Waals surface area contributed by atoms with Crippen molar-refractivity contribution in [3.8, 4) is 11.1 Å². The van der Waals surface area contributed by atoms with Gasteiger partial charge < -0.3 is 5.73 Å². The highest BCUT2D eigenvalue weighted by Gasteiger charge is 2.07. The third-order valence-electron chi connectivity index (χ3n) is 1.99. The molecule has 0 unspecified atom stereocenters. The summed E-state index contributed by atoms with van der Waals surface area (Å²) >= 11 is 17.7. The van der Waals surface area contributed by atoms with E-state index < -0.39 is 0 Å². The third kappa shape index (κ3) is 2.21. The Labute approximate surface area is 107 Å². The van der Waals surface area contributed by atoms with Gasteiger partial charge in [-0.25, -0.2) is 9.97 Å². The van der Waals surface area contributed by atoms with E-state index in [-0.39, 0.29) is 5.95 Å². The van der Waals surface area contributed by atoms with Crippen LogP contribution in [0.5, 0.6) is 0 Å². The van der Waals surface area contributed by atoms with Crippen LogP contribution in [0.2, 0.25) is 15.1 Å². The van der Waals surface area contributed by atoms with Gasteiger partial charge in [-0.2, -0.15) is 0 Å². The van der Waals surface area contributed by atoms with E-state index in [0.717, 1.165) is 11.1 Å². The second-order valence-electron chi connectivity index (χ2n) is 3.08. The van der Waals surface area contributed by atoms with E-state index in [0.29, 0.717) is 15.1 Å². The highest BCUT2D eigenvalue weighted by molar-refractivity contribution is 6.48. The highest BCUT2D eigenvalue weighted by Crippen LogP contribution is 2.34. The van der Waals surface area contributed by atoms with E-state index in [4.69, 9.17) is 40.5 Å². The van der Waals surface area contributed by atoms with Crippen molar-refractivity contribution in [3.05, 3.63) is 39.6 Å². The van der Waals surface area contributed by atoms with Crippen molar-refractivity contribution < 1.29 is 0 Å². The summed E-state index contributed by atoms with van der Waals surface area (Å²) in [6.07, 6.45) is 3.19. The number of aromatic nitrogens is 2. The first-order valence-corrected chi connectivity index (χ1v) is 5.44. The van der Waals surface area contributed by atoms with E-state index in [1.807, 2.05) is 0 Å². The van der Waals surface area contributed by atoms with Crippen LogP contribution in [0, 0.1) is 0 Å². The third-order valence-corrected chi connectivity index (χ3v) is 3.19. The number of halogens is 3.